The lowest BCUT2D eigenvalue weighted by Crippen LogP contribution is -2.28. The first-order valence-electron chi connectivity index (χ1n) is 7.91. The van der Waals surface area contributed by atoms with Crippen LogP contribution in [0.25, 0.3) is 0 Å². The second-order valence-corrected chi connectivity index (χ2v) is 8.25. The lowest BCUT2D eigenvalue weighted by Gasteiger charge is -2.22. The van der Waals surface area contributed by atoms with E-state index in [1.165, 1.54) is 0 Å². The van der Waals surface area contributed by atoms with Crippen LogP contribution in [-0.4, -0.2) is 33.2 Å². The van der Waals surface area contributed by atoms with Gasteiger partial charge in [-0.3, -0.25) is 4.79 Å². The molecule has 2 heterocycles. The minimum absolute atomic E-state index is 0. The van der Waals surface area contributed by atoms with Crippen LogP contribution in [0.4, 0.5) is 5.69 Å². The summed E-state index contributed by atoms with van der Waals surface area (Å²) in [5, 5.41) is 6.15. The van der Waals surface area contributed by atoms with E-state index in [0.717, 1.165) is 37.9 Å². The van der Waals surface area contributed by atoms with Crippen molar-refractivity contribution in [1.29, 1.82) is 0 Å². The predicted octanol–water partition coefficient (Wildman–Crippen LogP) is 2.16. The molecule has 1 amide bonds. The number of fused-ring (bicyclic) bond motifs is 1. The predicted molar refractivity (Wildman–Crippen MR) is 92.9 cm³/mol. The maximum atomic E-state index is 12.0. The Labute approximate surface area is 143 Å². The van der Waals surface area contributed by atoms with Gasteiger partial charge in [0, 0.05) is 12.1 Å². The average molecular weight is 359 g/mol. The Kier molecular flexibility index (Phi) is 6.06. The standard InChI is InChI=1S/C16H22N2O3S.ClH/c19-16(4-1-12-5-8-17-9-6-12)18-14-3-2-13-7-10-22(20,21)15(13)11-14;/h2-3,11-12,17H,1,4-10H2,(H,18,19);1H. The summed E-state index contributed by atoms with van der Waals surface area (Å²) in [6.45, 7) is 2.07. The number of hydrogen-bond donors (Lipinski definition) is 2. The topological polar surface area (TPSA) is 75.3 Å². The number of piperidine rings is 1. The zero-order valence-corrected chi connectivity index (χ0v) is 14.6. The maximum absolute atomic E-state index is 12.0. The van der Waals surface area contributed by atoms with E-state index < -0.39 is 9.84 Å². The van der Waals surface area contributed by atoms with Gasteiger partial charge in [0.2, 0.25) is 5.91 Å². The SMILES string of the molecule is Cl.O=C(CCC1CCNCC1)Nc1ccc2c(c1)S(=O)(=O)CC2. The van der Waals surface area contributed by atoms with Gasteiger partial charge < -0.3 is 10.6 Å². The molecule has 0 saturated carbocycles. The molecule has 1 aromatic carbocycles. The van der Waals surface area contributed by atoms with Gasteiger partial charge >= 0.3 is 0 Å². The molecule has 2 aliphatic heterocycles. The van der Waals surface area contributed by atoms with Crippen molar-refractivity contribution in [3.8, 4) is 0 Å². The number of halogens is 1. The number of rotatable bonds is 4. The third-order valence-corrected chi connectivity index (χ3v) is 6.36. The van der Waals surface area contributed by atoms with Gasteiger partial charge in [-0.2, -0.15) is 0 Å². The molecular weight excluding hydrogens is 336 g/mol. The van der Waals surface area contributed by atoms with Crippen molar-refractivity contribution < 1.29 is 13.2 Å². The van der Waals surface area contributed by atoms with Gasteiger partial charge in [0.1, 0.15) is 0 Å². The summed E-state index contributed by atoms with van der Waals surface area (Å²) < 4.78 is 23.8. The molecule has 1 fully saturated rings. The molecular formula is C16H23ClN2O3S. The number of carbonyl (C=O) groups excluding carboxylic acids is 1. The van der Waals surface area contributed by atoms with Crippen molar-refractivity contribution in [1.82, 2.24) is 5.32 Å². The van der Waals surface area contributed by atoms with Crippen molar-refractivity contribution in [2.24, 2.45) is 5.92 Å². The van der Waals surface area contributed by atoms with Crippen LogP contribution < -0.4 is 10.6 Å². The molecule has 0 aromatic heterocycles. The number of nitrogens with one attached hydrogen (secondary N) is 2. The third-order valence-electron chi connectivity index (χ3n) is 4.56. The fourth-order valence-corrected chi connectivity index (χ4v) is 4.80. The lowest BCUT2D eigenvalue weighted by atomic mass is 9.93. The molecule has 2 N–H and O–H groups in total. The quantitative estimate of drug-likeness (QED) is 0.864. The Balaban J connectivity index is 0.00000192. The Morgan fingerprint density at radius 3 is 2.74 bits per heavy atom. The zero-order chi connectivity index (χ0) is 15.6. The van der Waals surface area contributed by atoms with E-state index in [2.05, 4.69) is 10.6 Å². The van der Waals surface area contributed by atoms with Crippen LogP contribution in [0.1, 0.15) is 31.2 Å². The minimum Gasteiger partial charge on any atom is -0.326 e. The van der Waals surface area contributed by atoms with E-state index >= 15 is 0 Å². The van der Waals surface area contributed by atoms with Crippen LogP contribution in [0, 0.1) is 5.92 Å². The summed E-state index contributed by atoms with van der Waals surface area (Å²) in [6.07, 6.45) is 4.22. The third kappa shape index (κ3) is 4.46. The summed E-state index contributed by atoms with van der Waals surface area (Å²) in [7, 11) is -3.15. The van der Waals surface area contributed by atoms with Gasteiger partial charge in [-0.25, -0.2) is 8.42 Å². The molecule has 3 rings (SSSR count). The highest BCUT2D eigenvalue weighted by molar-refractivity contribution is 7.91. The molecule has 0 spiro atoms. The fourth-order valence-electron chi connectivity index (χ4n) is 3.21. The number of benzene rings is 1. The molecule has 0 bridgehead atoms. The molecule has 1 saturated heterocycles. The van der Waals surface area contributed by atoms with Gasteiger partial charge in [0.15, 0.2) is 9.84 Å². The molecule has 5 nitrogen and oxygen atoms in total. The van der Waals surface area contributed by atoms with Crippen LogP contribution in [0.2, 0.25) is 0 Å². The van der Waals surface area contributed by atoms with Gasteiger partial charge in [-0.05, 0) is 62.4 Å². The molecule has 1 aromatic rings. The monoisotopic (exact) mass is 358 g/mol. The summed E-state index contributed by atoms with van der Waals surface area (Å²) in [4.78, 5) is 12.4. The highest BCUT2D eigenvalue weighted by Gasteiger charge is 2.26. The molecule has 128 valence electrons. The molecule has 0 aliphatic carbocycles. The number of carbonyl (C=O) groups is 1. The highest BCUT2D eigenvalue weighted by Crippen LogP contribution is 2.28. The Morgan fingerprint density at radius 1 is 1.26 bits per heavy atom. The van der Waals surface area contributed by atoms with E-state index in [1.54, 1.807) is 12.1 Å². The molecule has 0 unspecified atom stereocenters. The van der Waals surface area contributed by atoms with Gasteiger partial charge in [-0.15, -0.1) is 12.4 Å². The van der Waals surface area contributed by atoms with Crippen LogP contribution in [0.15, 0.2) is 23.1 Å². The molecule has 2 aliphatic rings. The molecule has 7 heteroatoms. The molecule has 0 atom stereocenters. The summed E-state index contributed by atoms with van der Waals surface area (Å²) in [5.74, 6) is 0.761. The second-order valence-electron chi connectivity index (χ2n) is 6.17. The number of sulfone groups is 1. The number of aryl methyl sites for hydroxylation is 1. The average Bonchev–Trinajstić information content (AvgIpc) is 2.82. The maximum Gasteiger partial charge on any atom is 0.224 e. The van der Waals surface area contributed by atoms with Crippen LogP contribution >= 0.6 is 12.4 Å². The zero-order valence-electron chi connectivity index (χ0n) is 13.0. The van der Waals surface area contributed by atoms with Crippen LogP contribution in [0.3, 0.4) is 0 Å². The second kappa shape index (κ2) is 7.64. The molecule has 0 radical (unpaired) electrons. The smallest absolute Gasteiger partial charge is 0.224 e. The van der Waals surface area contributed by atoms with Crippen molar-refractivity contribution in [3.63, 3.8) is 0 Å². The fraction of sp³-hybridized carbons (Fsp3) is 0.562. The van der Waals surface area contributed by atoms with Gasteiger partial charge in [0.05, 0.1) is 10.6 Å². The highest BCUT2D eigenvalue weighted by atomic mass is 35.5. The van der Waals surface area contributed by atoms with E-state index in [0.29, 0.717) is 29.3 Å². The normalized spacial score (nSPS) is 19.7. The minimum atomic E-state index is -3.15. The first-order valence-corrected chi connectivity index (χ1v) is 9.56. The summed E-state index contributed by atoms with van der Waals surface area (Å²) in [5.41, 5.74) is 1.44. The first kappa shape index (κ1) is 18.2. The number of hydrogen-bond acceptors (Lipinski definition) is 4. The van der Waals surface area contributed by atoms with Crippen molar-refractivity contribution >= 4 is 33.8 Å². The van der Waals surface area contributed by atoms with Crippen LogP contribution in [0.5, 0.6) is 0 Å². The Morgan fingerprint density at radius 2 is 2.00 bits per heavy atom. The van der Waals surface area contributed by atoms with Gasteiger partial charge in [0.25, 0.3) is 0 Å². The number of anilines is 1. The van der Waals surface area contributed by atoms with Gasteiger partial charge in [-0.1, -0.05) is 6.07 Å². The van der Waals surface area contributed by atoms with E-state index in [9.17, 15) is 13.2 Å². The van der Waals surface area contributed by atoms with Crippen molar-refractivity contribution in [2.45, 2.75) is 37.0 Å². The summed E-state index contributed by atoms with van der Waals surface area (Å²) in [6, 6.07) is 5.20. The summed E-state index contributed by atoms with van der Waals surface area (Å²) >= 11 is 0. The molecule has 23 heavy (non-hydrogen) atoms. The van der Waals surface area contributed by atoms with Crippen LogP contribution in [-0.2, 0) is 21.1 Å². The Bertz CT molecular complexity index is 670. The lowest BCUT2D eigenvalue weighted by molar-refractivity contribution is -0.116. The first-order chi connectivity index (χ1) is 10.5. The Hall–Kier alpha value is -1.11. The van der Waals surface area contributed by atoms with E-state index in [1.807, 2.05) is 6.07 Å². The van der Waals surface area contributed by atoms with E-state index in [4.69, 9.17) is 0 Å². The number of amides is 1. The van der Waals surface area contributed by atoms with Crippen molar-refractivity contribution in [2.75, 3.05) is 24.2 Å². The van der Waals surface area contributed by atoms with Crippen molar-refractivity contribution in [3.05, 3.63) is 23.8 Å². The van der Waals surface area contributed by atoms with E-state index in [-0.39, 0.29) is 24.1 Å². The largest absolute Gasteiger partial charge is 0.326 e.